The molecule has 5 nitrogen and oxygen atoms in total. The Morgan fingerprint density at radius 2 is 1.85 bits per heavy atom. The maximum absolute atomic E-state index is 13.1. The van der Waals surface area contributed by atoms with Crippen molar-refractivity contribution in [2.45, 2.75) is 38.8 Å². The number of nitrogens with zero attached hydrogens (tertiary/aromatic N) is 1. The average molecular weight is 352 g/mol. The molecule has 1 aliphatic heterocycles. The van der Waals surface area contributed by atoms with E-state index in [1.807, 2.05) is 69.3 Å². The quantitative estimate of drug-likeness (QED) is 0.919. The predicted molar refractivity (Wildman–Crippen MR) is 101 cm³/mol. The van der Waals surface area contributed by atoms with Crippen LogP contribution < -0.4 is 15.0 Å². The van der Waals surface area contributed by atoms with E-state index >= 15 is 0 Å². The number of benzene rings is 2. The van der Waals surface area contributed by atoms with Gasteiger partial charge in [-0.3, -0.25) is 14.5 Å². The van der Waals surface area contributed by atoms with Gasteiger partial charge in [-0.15, -0.1) is 0 Å². The van der Waals surface area contributed by atoms with Crippen molar-refractivity contribution in [2.75, 3.05) is 12.0 Å². The molecular formula is C21H24N2O3. The minimum atomic E-state index is -0.711. The van der Waals surface area contributed by atoms with Crippen molar-refractivity contribution in [3.63, 3.8) is 0 Å². The van der Waals surface area contributed by atoms with Gasteiger partial charge in [0.2, 0.25) is 11.8 Å². The van der Waals surface area contributed by atoms with E-state index in [4.69, 9.17) is 4.74 Å². The van der Waals surface area contributed by atoms with Crippen LogP contribution >= 0.6 is 0 Å². The van der Waals surface area contributed by atoms with Gasteiger partial charge < -0.3 is 10.1 Å². The highest BCUT2D eigenvalue weighted by molar-refractivity contribution is 6.07. The van der Waals surface area contributed by atoms with Gasteiger partial charge in [-0.25, -0.2) is 0 Å². The number of hydrogen-bond acceptors (Lipinski definition) is 3. The molecule has 0 fully saturated rings. The van der Waals surface area contributed by atoms with Gasteiger partial charge in [-0.05, 0) is 50.1 Å². The molecule has 0 bridgehead atoms. The maximum atomic E-state index is 13.1. The van der Waals surface area contributed by atoms with E-state index in [0.717, 1.165) is 16.8 Å². The lowest BCUT2D eigenvalue weighted by atomic mass is 10.0. The third-order valence-corrected chi connectivity index (χ3v) is 4.28. The first-order valence-corrected chi connectivity index (χ1v) is 8.66. The van der Waals surface area contributed by atoms with Crippen molar-refractivity contribution in [3.8, 4) is 5.75 Å². The fourth-order valence-electron chi connectivity index (χ4n) is 3.22. The van der Waals surface area contributed by atoms with Crippen molar-refractivity contribution >= 4 is 17.5 Å². The van der Waals surface area contributed by atoms with Crippen LogP contribution in [-0.2, 0) is 16.0 Å². The fraction of sp³-hybridized carbons (Fsp3) is 0.333. The van der Waals surface area contributed by atoms with Crippen LogP contribution in [0.15, 0.2) is 48.5 Å². The third kappa shape index (κ3) is 3.57. The largest absolute Gasteiger partial charge is 0.497 e. The van der Waals surface area contributed by atoms with E-state index in [2.05, 4.69) is 5.32 Å². The molecule has 0 saturated carbocycles. The van der Waals surface area contributed by atoms with Crippen LogP contribution in [0.4, 0.5) is 5.69 Å². The first-order chi connectivity index (χ1) is 12.3. The number of fused-ring (bicyclic) bond motifs is 1. The third-order valence-electron chi connectivity index (χ3n) is 4.28. The van der Waals surface area contributed by atoms with E-state index in [9.17, 15) is 9.59 Å². The zero-order valence-electron chi connectivity index (χ0n) is 15.6. The van der Waals surface area contributed by atoms with Gasteiger partial charge >= 0.3 is 0 Å². The Labute approximate surface area is 154 Å². The first kappa shape index (κ1) is 18.0. The smallest absolute Gasteiger partial charge is 0.248 e. The molecule has 1 atom stereocenters. The lowest BCUT2D eigenvalue weighted by Crippen LogP contribution is -2.48. The number of carbonyl (C=O) groups is 2. The minimum absolute atomic E-state index is 0.0915. The highest BCUT2D eigenvalue weighted by Crippen LogP contribution is 2.38. The van der Waals surface area contributed by atoms with Gasteiger partial charge in [0.1, 0.15) is 11.8 Å². The van der Waals surface area contributed by atoms with Crippen LogP contribution in [0.2, 0.25) is 0 Å². The summed E-state index contributed by atoms with van der Waals surface area (Å²) in [5.74, 6) is 0.417. The van der Waals surface area contributed by atoms with Gasteiger partial charge in [-0.1, -0.05) is 30.3 Å². The van der Waals surface area contributed by atoms with Crippen molar-refractivity contribution in [1.29, 1.82) is 0 Å². The number of rotatable bonds is 4. The highest BCUT2D eigenvalue weighted by atomic mass is 16.5. The molecule has 2 aromatic rings. The zero-order chi connectivity index (χ0) is 18.9. The SMILES string of the molecule is COc1ccc2c(c1)CC(=O)N2C(C(=O)NC(C)(C)C)c1ccccc1. The van der Waals surface area contributed by atoms with Gasteiger partial charge in [0.05, 0.1) is 13.5 Å². The first-order valence-electron chi connectivity index (χ1n) is 8.66. The van der Waals surface area contributed by atoms with E-state index in [0.29, 0.717) is 5.75 Å². The molecule has 0 radical (unpaired) electrons. The van der Waals surface area contributed by atoms with E-state index in [1.54, 1.807) is 12.0 Å². The predicted octanol–water partition coefficient (Wildman–Crippen LogP) is 3.24. The molecule has 0 spiro atoms. The van der Waals surface area contributed by atoms with Crippen LogP contribution in [0.1, 0.15) is 37.9 Å². The molecule has 0 saturated heterocycles. The number of carbonyl (C=O) groups excluding carboxylic acids is 2. The average Bonchev–Trinajstić information content (AvgIpc) is 2.90. The Morgan fingerprint density at radius 1 is 1.15 bits per heavy atom. The van der Waals surface area contributed by atoms with Crippen molar-refractivity contribution < 1.29 is 14.3 Å². The Kier molecular flexibility index (Phi) is 4.72. The van der Waals surface area contributed by atoms with E-state index < -0.39 is 11.6 Å². The second-order valence-electron chi connectivity index (χ2n) is 7.49. The molecular weight excluding hydrogens is 328 g/mol. The number of methoxy groups -OCH3 is 1. The normalized spacial score (nSPS) is 14.8. The Hall–Kier alpha value is -2.82. The zero-order valence-corrected chi connectivity index (χ0v) is 15.6. The molecule has 2 aromatic carbocycles. The molecule has 0 aromatic heterocycles. The van der Waals surface area contributed by atoms with Crippen LogP contribution in [-0.4, -0.2) is 24.5 Å². The van der Waals surface area contributed by atoms with Crippen molar-refractivity contribution in [1.82, 2.24) is 5.32 Å². The van der Waals surface area contributed by atoms with Crippen LogP contribution in [0.3, 0.4) is 0 Å². The highest BCUT2D eigenvalue weighted by Gasteiger charge is 2.38. The molecule has 5 heteroatoms. The number of amides is 2. The minimum Gasteiger partial charge on any atom is -0.497 e. The monoisotopic (exact) mass is 352 g/mol. The second-order valence-corrected chi connectivity index (χ2v) is 7.49. The van der Waals surface area contributed by atoms with Gasteiger partial charge in [0.15, 0.2) is 0 Å². The fourth-order valence-corrected chi connectivity index (χ4v) is 3.22. The van der Waals surface area contributed by atoms with Gasteiger partial charge in [-0.2, -0.15) is 0 Å². The number of nitrogens with one attached hydrogen (secondary N) is 1. The second kappa shape index (κ2) is 6.83. The Balaban J connectivity index is 2.06. The molecule has 0 aliphatic carbocycles. The van der Waals surface area contributed by atoms with Gasteiger partial charge in [0.25, 0.3) is 0 Å². The lowest BCUT2D eigenvalue weighted by molar-refractivity contribution is -0.127. The topological polar surface area (TPSA) is 58.6 Å². The van der Waals surface area contributed by atoms with Crippen molar-refractivity contribution in [3.05, 3.63) is 59.7 Å². The molecule has 2 amide bonds. The summed E-state index contributed by atoms with van der Waals surface area (Å²) >= 11 is 0. The standard InChI is InChI=1S/C21H24N2O3/c1-21(2,3)22-20(25)19(14-8-6-5-7-9-14)23-17-11-10-16(26-4)12-15(17)13-18(23)24/h5-12,19H,13H2,1-4H3,(H,22,25). The Bertz CT molecular complexity index is 825. The summed E-state index contributed by atoms with van der Waals surface area (Å²) in [6.45, 7) is 5.78. The summed E-state index contributed by atoms with van der Waals surface area (Å²) in [5, 5.41) is 3.01. The number of ether oxygens (including phenoxy) is 1. The molecule has 136 valence electrons. The molecule has 1 aliphatic rings. The summed E-state index contributed by atoms with van der Waals surface area (Å²) in [6, 6.07) is 14.2. The van der Waals surface area contributed by atoms with Crippen molar-refractivity contribution in [2.24, 2.45) is 0 Å². The molecule has 1 heterocycles. The molecule has 1 unspecified atom stereocenters. The summed E-state index contributed by atoms with van der Waals surface area (Å²) in [4.78, 5) is 27.5. The number of hydrogen-bond donors (Lipinski definition) is 1. The van der Waals surface area contributed by atoms with E-state index in [-0.39, 0.29) is 18.2 Å². The van der Waals surface area contributed by atoms with Gasteiger partial charge in [0, 0.05) is 11.2 Å². The van der Waals surface area contributed by atoms with E-state index in [1.165, 1.54) is 0 Å². The summed E-state index contributed by atoms with van der Waals surface area (Å²) in [5.41, 5.74) is 2.02. The van der Waals surface area contributed by atoms with Crippen LogP contribution in [0.25, 0.3) is 0 Å². The summed E-state index contributed by atoms with van der Waals surface area (Å²) in [6.07, 6.45) is 0.263. The maximum Gasteiger partial charge on any atom is 0.248 e. The Morgan fingerprint density at radius 3 is 2.46 bits per heavy atom. The number of anilines is 1. The van der Waals surface area contributed by atoms with Crippen LogP contribution in [0.5, 0.6) is 5.75 Å². The summed E-state index contributed by atoms with van der Waals surface area (Å²) in [7, 11) is 1.60. The molecule has 26 heavy (non-hydrogen) atoms. The van der Waals surface area contributed by atoms with Crippen LogP contribution in [0, 0.1) is 0 Å². The molecule has 3 rings (SSSR count). The lowest BCUT2D eigenvalue weighted by Gasteiger charge is -2.31. The summed E-state index contributed by atoms with van der Waals surface area (Å²) < 4.78 is 5.26. The molecule has 1 N–H and O–H groups in total.